The third-order valence-electron chi connectivity index (χ3n) is 14.9. The molecule has 32 nitrogen and oxygen atoms in total. The Morgan fingerprint density at radius 1 is 0.339 bits per heavy atom. The molecule has 109 heavy (non-hydrogen) atoms. The number of hydrogen-bond acceptors (Lipinski definition) is 28. The number of carbonyl (C=O) groups excluding carboxylic acids is 4. The third-order valence-corrected chi connectivity index (χ3v) is 14.9. The Kier molecular flexibility index (Phi) is 43.7. The van der Waals surface area contributed by atoms with Crippen molar-refractivity contribution < 1.29 is 156 Å². The molecular weight excluding hydrogens is 1460 g/mol. The van der Waals surface area contributed by atoms with Crippen molar-refractivity contribution in [1.82, 2.24) is 19.6 Å². The molecule has 0 unspecified atom stereocenters. The standard InChI is InChI=1S/C22H31FN2O8.C22H35FN2O6.C12H13FO6.C10H9FO6.C6H5FO2/c23-18-1-2-19-20(15-18)33-17-22(27)25-5-9-30-13-11-28-7-3-24(21(26)16-32-19)4-8-29-12-14-31-10-6-25;23-20-1-2-21-22(19-20)31-14-8-25-5-11-28-17-15-26-9-3-24(7-13-30-21)4-10-27-16-18-29-12-6-25;1-16-11(14)6-18-9-4-3-8(13)5-10(9)19-7-12(15)17-2;11-6-1-2-7(16-4-9(12)13)8(3-6)17-5-10(14)15;7-4-1-2-5(8)6(9)3-4/h1-2,15H,3-14,16-17H2;1-2,19H,3-18H2;3-5H,6-7H2,1-2H3;1-3H,4-5H2,(H,12,13)(H,14,15);1-3,8-9H. The Morgan fingerprint density at radius 3 is 1.01 bits per heavy atom. The van der Waals surface area contributed by atoms with Crippen molar-refractivity contribution in [3.8, 4) is 57.5 Å². The van der Waals surface area contributed by atoms with Crippen LogP contribution in [0.2, 0.25) is 0 Å². The van der Waals surface area contributed by atoms with Crippen LogP contribution in [0.15, 0.2) is 91.0 Å². The van der Waals surface area contributed by atoms with E-state index < -0.39 is 72.7 Å². The van der Waals surface area contributed by atoms with E-state index in [4.69, 9.17) is 96.2 Å². The van der Waals surface area contributed by atoms with Crippen molar-refractivity contribution in [3.63, 3.8) is 0 Å². The zero-order valence-corrected chi connectivity index (χ0v) is 60.5. The number of carboxylic acids is 2. The van der Waals surface area contributed by atoms with Crippen molar-refractivity contribution in [2.24, 2.45) is 0 Å². The highest BCUT2D eigenvalue weighted by Gasteiger charge is 2.22. The molecule has 11 rings (SSSR count). The van der Waals surface area contributed by atoms with Gasteiger partial charge in [-0.3, -0.25) is 19.4 Å². The van der Waals surface area contributed by atoms with E-state index in [1.807, 2.05) is 0 Å². The maximum atomic E-state index is 13.8. The highest BCUT2D eigenvalue weighted by atomic mass is 19.1. The average molecular weight is 1560 g/mol. The zero-order chi connectivity index (χ0) is 78.8. The normalized spacial score (nSPS) is 17.8. The van der Waals surface area contributed by atoms with Gasteiger partial charge in [-0.15, -0.1) is 0 Å². The second-order valence-electron chi connectivity index (χ2n) is 22.7. The summed E-state index contributed by atoms with van der Waals surface area (Å²) in [5.74, 6) is -6.55. The highest BCUT2D eigenvalue weighted by Crippen LogP contribution is 2.32. The molecule has 0 atom stereocenters. The van der Waals surface area contributed by atoms with Crippen molar-refractivity contribution in [3.05, 3.63) is 120 Å². The van der Waals surface area contributed by atoms with E-state index in [0.29, 0.717) is 170 Å². The van der Waals surface area contributed by atoms with Crippen molar-refractivity contribution in [1.29, 1.82) is 0 Å². The number of carboxylic acid groups (broad SMARTS) is 2. The third kappa shape index (κ3) is 38.7. The van der Waals surface area contributed by atoms with Gasteiger partial charge in [-0.25, -0.2) is 41.1 Å². The fourth-order valence-corrected chi connectivity index (χ4v) is 9.21. The van der Waals surface area contributed by atoms with Crippen LogP contribution in [-0.2, 0) is 76.1 Å². The minimum absolute atomic E-state index is 0.00527. The molecule has 0 aromatic heterocycles. The summed E-state index contributed by atoms with van der Waals surface area (Å²) in [7, 11) is 2.41. The molecule has 6 heterocycles. The van der Waals surface area contributed by atoms with Crippen LogP contribution in [0, 0.1) is 29.1 Å². The lowest BCUT2D eigenvalue weighted by molar-refractivity contribution is -0.144. The summed E-state index contributed by atoms with van der Waals surface area (Å²) in [4.78, 5) is 75.6. The van der Waals surface area contributed by atoms with Gasteiger partial charge in [0, 0.05) is 95.8 Å². The number of phenolic OH excluding ortho intramolecular Hbond substituents is 2. The second kappa shape index (κ2) is 53.1. The number of benzene rings is 5. The van der Waals surface area contributed by atoms with E-state index in [1.54, 1.807) is 15.9 Å². The van der Waals surface area contributed by atoms with Gasteiger partial charge < -0.3 is 115 Å². The fraction of sp³-hybridized carbons (Fsp3) is 0.500. The monoisotopic (exact) mass is 1560 g/mol. The second-order valence-corrected chi connectivity index (χ2v) is 22.7. The van der Waals surface area contributed by atoms with E-state index >= 15 is 0 Å². The Labute approximate surface area is 625 Å². The van der Waals surface area contributed by atoms with Gasteiger partial charge in [0.1, 0.15) is 42.3 Å². The number of amides is 2. The number of aromatic hydroxyl groups is 2. The summed E-state index contributed by atoms with van der Waals surface area (Å²) in [5.41, 5.74) is 0. The molecule has 37 heteroatoms. The molecule has 2 saturated heterocycles. The van der Waals surface area contributed by atoms with Crippen LogP contribution in [-0.4, -0.2) is 314 Å². The van der Waals surface area contributed by atoms with Gasteiger partial charge in [0.05, 0.1) is 120 Å². The topological polar surface area (TPSA) is 362 Å². The number of nitrogens with zero attached hydrogens (tertiary/aromatic N) is 4. The molecular formula is C72H93F5N4O28. The molecule has 5 aromatic carbocycles. The van der Waals surface area contributed by atoms with E-state index in [1.165, 1.54) is 44.6 Å². The van der Waals surface area contributed by atoms with Crippen LogP contribution in [0.25, 0.3) is 0 Å². The number of methoxy groups -OCH3 is 2. The number of hydrogen-bond donors (Lipinski definition) is 4. The molecule has 2 fully saturated rings. The number of rotatable bonds is 12. The van der Waals surface area contributed by atoms with Crippen LogP contribution >= 0.6 is 0 Å². The predicted molar refractivity (Wildman–Crippen MR) is 371 cm³/mol. The Balaban J connectivity index is 0.000000258. The molecule has 4 N–H and O–H groups in total. The minimum Gasteiger partial charge on any atom is -0.504 e. The van der Waals surface area contributed by atoms with Gasteiger partial charge in [0.15, 0.2) is 97.1 Å². The van der Waals surface area contributed by atoms with Crippen LogP contribution in [0.5, 0.6) is 57.5 Å². The lowest BCUT2D eigenvalue weighted by atomic mass is 10.3. The molecule has 4 bridgehead atoms. The van der Waals surface area contributed by atoms with Gasteiger partial charge in [0.25, 0.3) is 11.8 Å². The van der Waals surface area contributed by atoms with Crippen LogP contribution in [0.4, 0.5) is 22.0 Å². The maximum absolute atomic E-state index is 13.8. The molecule has 0 spiro atoms. The Morgan fingerprint density at radius 2 is 0.633 bits per heavy atom. The first-order valence-electron chi connectivity index (χ1n) is 34.3. The number of fused-ring (bicyclic) bond motifs is 36. The molecule has 0 aliphatic carbocycles. The predicted octanol–water partition coefficient (Wildman–Crippen LogP) is 4.53. The number of aliphatic carboxylic acids is 2. The average Bonchev–Trinajstić information content (AvgIpc) is 0.889. The maximum Gasteiger partial charge on any atom is 0.343 e. The quantitative estimate of drug-likeness (QED) is 0.0757. The Bertz CT molecular complexity index is 3480. The van der Waals surface area contributed by atoms with Crippen molar-refractivity contribution >= 4 is 35.7 Å². The van der Waals surface area contributed by atoms with Gasteiger partial charge in [-0.05, 0) is 60.7 Å². The van der Waals surface area contributed by atoms with Gasteiger partial charge in [-0.2, -0.15) is 0 Å². The van der Waals surface area contributed by atoms with E-state index in [0.717, 1.165) is 80.8 Å². The van der Waals surface area contributed by atoms with Crippen LogP contribution in [0.1, 0.15) is 0 Å². The van der Waals surface area contributed by atoms with Gasteiger partial charge in [0.2, 0.25) is 0 Å². The summed E-state index contributed by atoms with van der Waals surface area (Å²) >= 11 is 0. The summed E-state index contributed by atoms with van der Waals surface area (Å²) in [5, 5.41) is 34.0. The number of esters is 2. The van der Waals surface area contributed by atoms with Crippen LogP contribution in [0.3, 0.4) is 0 Å². The van der Waals surface area contributed by atoms with Gasteiger partial charge >= 0.3 is 23.9 Å². The Hall–Kier alpha value is -9.83. The summed E-state index contributed by atoms with van der Waals surface area (Å²) < 4.78 is 162. The van der Waals surface area contributed by atoms with Gasteiger partial charge in [-0.1, -0.05) is 0 Å². The van der Waals surface area contributed by atoms with E-state index in [9.17, 15) is 50.7 Å². The van der Waals surface area contributed by atoms with Crippen LogP contribution < -0.4 is 37.9 Å². The zero-order valence-electron chi connectivity index (χ0n) is 60.5. The first kappa shape index (κ1) is 89.8. The highest BCUT2D eigenvalue weighted by molar-refractivity contribution is 5.79. The molecule has 5 aromatic rings. The number of ether oxygens (including phenoxy) is 18. The first-order valence-corrected chi connectivity index (χ1v) is 34.3. The number of halogens is 5. The summed E-state index contributed by atoms with van der Waals surface area (Å²) in [6.45, 7) is 11.5. The molecule has 0 saturated carbocycles. The van der Waals surface area contributed by atoms with E-state index in [2.05, 4.69) is 19.3 Å². The smallest absolute Gasteiger partial charge is 0.343 e. The lowest BCUT2D eigenvalue weighted by Gasteiger charge is -2.25. The van der Waals surface area contributed by atoms with E-state index in [-0.39, 0.29) is 77.7 Å². The molecule has 604 valence electrons. The molecule has 6 aliphatic rings. The minimum atomic E-state index is -1.24. The van der Waals surface area contributed by atoms with Crippen molar-refractivity contribution in [2.45, 2.75) is 0 Å². The number of carbonyl (C=O) groups is 6. The largest absolute Gasteiger partial charge is 0.504 e. The first-order chi connectivity index (χ1) is 52.7. The lowest BCUT2D eigenvalue weighted by Crippen LogP contribution is -2.41. The molecule has 0 radical (unpaired) electrons. The molecule has 6 aliphatic heterocycles. The number of phenols is 2. The fourth-order valence-electron chi connectivity index (χ4n) is 9.21. The summed E-state index contributed by atoms with van der Waals surface area (Å²) in [6.07, 6.45) is 0. The SMILES string of the molecule is COC(=O)COc1ccc(F)cc1OCC(=O)OC.Fc1ccc2c(c1)OCCN1CCOCCOCCN(CCOCCOCC1)CCO2.O=C(O)COc1ccc(F)cc1OCC(=O)O.O=C1COc2ccc(F)cc2OCC(=O)N2CCOCCOCCN1CCOCCOCC2.Oc1ccc(F)cc1O. The molecule has 2 amide bonds. The summed E-state index contributed by atoms with van der Waals surface area (Å²) in [6, 6.07) is 17.7. The van der Waals surface area contributed by atoms with Crippen molar-refractivity contribution in [2.75, 3.05) is 238 Å².